The maximum absolute atomic E-state index is 13.4. The highest BCUT2D eigenvalue weighted by Gasteiger charge is 2.31. The van der Waals surface area contributed by atoms with Crippen molar-refractivity contribution in [1.29, 1.82) is 0 Å². The molecule has 0 spiro atoms. The van der Waals surface area contributed by atoms with E-state index < -0.39 is 6.04 Å². The summed E-state index contributed by atoms with van der Waals surface area (Å²) < 4.78 is 26.5. The Kier molecular flexibility index (Phi) is 5.65. The zero-order valence-electron chi connectivity index (χ0n) is 19.1. The van der Waals surface area contributed by atoms with Gasteiger partial charge in [0.15, 0.2) is 17.3 Å². The predicted molar refractivity (Wildman–Crippen MR) is 126 cm³/mol. The molecule has 180 valence electrons. The number of halogens is 1. The highest BCUT2D eigenvalue weighted by Crippen LogP contribution is 2.35. The molecule has 35 heavy (non-hydrogen) atoms. The molecule has 1 atom stereocenters. The first-order valence-corrected chi connectivity index (χ1v) is 11.9. The van der Waals surface area contributed by atoms with Crippen molar-refractivity contribution in [1.82, 2.24) is 30.1 Å². The van der Waals surface area contributed by atoms with Crippen LogP contribution in [-0.4, -0.2) is 56.4 Å². The topological polar surface area (TPSA) is 98.2 Å². The molecule has 0 bridgehead atoms. The number of rotatable bonds is 5. The minimum atomic E-state index is -0.424. The Labute approximate surface area is 200 Å². The van der Waals surface area contributed by atoms with Crippen LogP contribution in [-0.2, 0) is 6.54 Å². The van der Waals surface area contributed by atoms with E-state index in [2.05, 4.69) is 25.4 Å². The molecule has 9 nitrogen and oxygen atoms in total. The average molecular weight is 477 g/mol. The van der Waals surface area contributed by atoms with Crippen molar-refractivity contribution in [3.63, 3.8) is 0 Å². The van der Waals surface area contributed by atoms with E-state index in [4.69, 9.17) is 9.47 Å². The van der Waals surface area contributed by atoms with Crippen LogP contribution < -0.4 is 15.0 Å². The molecule has 0 radical (unpaired) electrons. The van der Waals surface area contributed by atoms with Crippen LogP contribution in [0.25, 0.3) is 10.9 Å². The number of ether oxygens (including phenoxy) is 2. The smallest absolute Gasteiger partial charge is 0.253 e. The molecule has 0 saturated carbocycles. The van der Waals surface area contributed by atoms with E-state index in [1.165, 1.54) is 12.1 Å². The van der Waals surface area contributed by atoms with Crippen molar-refractivity contribution in [3.05, 3.63) is 75.6 Å². The summed E-state index contributed by atoms with van der Waals surface area (Å²) in [6, 6.07) is 11.5. The number of aromatic amines is 1. The minimum Gasteiger partial charge on any atom is -0.486 e. The van der Waals surface area contributed by atoms with Gasteiger partial charge in [0, 0.05) is 17.0 Å². The van der Waals surface area contributed by atoms with Crippen molar-refractivity contribution in [2.75, 3.05) is 26.3 Å². The molecule has 0 amide bonds. The normalized spacial score (nSPS) is 16.9. The second-order valence-electron chi connectivity index (χ2n) is 8.96. The number of benzene rings is 2. The van der Waals surface area contributed by atoms with Gasteiger partial charge in [-0.05, 0) is 66.2 Å². The quantitative estimate of drug-likeness (QED) is 0.473. The number of nitrogens with zero attached hydrogens (tertiary/aromatic N) is 5. The molecule has 1 saturated heterocycles. The van der Waals surface area contributed by atoms with Crippen molar-refractivity contribution in [2.45, 2.75) is 31.8 Å². The number of hydrogen-bond donors (Lipinski definition) is 1. The number of tetrazole rings is 1. The molecule has 4 heterocycles. The molecule has 6 rings (SSSR count). The van der Waals surface area contributed by atoms with Gasteiger partial charge in [-0.1, -0.05) is 18.6 Å². The van der Waals surface area contributed by atoms with Gasteiger partial charge in [-0.15, -0.1) is 5.10 Å². The summed E-state index contributed by atoms with van der Waals surface area (Å²) in [5.41, 5.74) is 1.94. The van der Waals surface area contributed by atoms with Gasteiger partial charge in [-0.2, -0.15) is 0 Å². The summed E-state index contributed by atoms with van der Waals surface area (Å²) in [6.07, 6.45) is 3.24. The Morgan fingerprint density at radius 1 is 1.00 bits per heavy atom. The van der Waals surface area contributed by atoms with E-state index in [0.717, 1.165) is 43.3 Å². The standard InChI is InChI=1S/C25H25FN6O3/c26-18-6-4-16(5-7-18)15-32-24(28-29-30-32)23(31-8-2-1-3-9-31)19-12-17-13-21-22(35-11-10-34-21)14-20(17)27-25(19)33/h4-7,12-14,23H,1-3,8-11,15H2,(H,27,33). The number of fused-ring (bicyclic) bond motifs is 2. The van der Waals surface area contributed by atoms with E-state index in [-0.39, 0.29) is 11.4 Å². The number of aromatic nitrogens is 5. The Morgan fingerprint density at radius 3 is 2.51 bits per heavy atom. The molecule has 4 aromatic rings. The fourth-order valence-corrected chi connectivity index (χ4v) is 4.92. The van der Waals surface area contributed by atoms with E-state index in [9.17, 15) is 9.18 Å². The van der Waals surface area contributed by atoms with E-state index in [1.54, 1.807) is 16.8 Å². The van der Waals surface area contributed by atoms with Crippen molar-refractivity contribution >= 4 is 10.9 Å². The first kappa shape index (κ1) is 21.7. The lowest BCUT2D eigenvalue weighted by Gasteiger charge is -2.33. The predicted octanol–water partition coefficient (Wildman–Crippen LogP) is 3.05. The lowest BCUT2D eigenvalue weighted by Crippen LogP contribution is -2.38. The third-order valence-corrected chi connectivity index (χ3v) is 6.64. The van der Waals surface area contributed by atoms with Crippen molar-refractivity contribution in [3.8, 4) is 11.5 Å². The zero-order valence-corrected chi connectivity index (χ0v) is 19.1. The minimum absolute atomic E-state index is 0.193. The first-order valence-electron chi connectivity index (χ1n) is 11.9. The molecule has 1 N–H and O–H groups in total. The van der Waals surface area contributed by atoms with E-state index in [1.807, 2.05) is 18.2 Å². The average Bonchev–Trinajstić information content (AvgIpc) is 3.33. The summed E-state index contributed by atoms with van der Waals surface area (Å²) in [4.78, 5) is 18.7. The van der Waals surface area contributed by atoms with Gasteiger partial charge in [0.05, 0.1) is 12.1 Å². The van der Waals surface area contributed by atoms with E-state index in [0.29, 0.717) is 48.2 Å². The highest BCUT2D eigenvalue weighted by molar-refractivity contribution is 5.83. The zero-order chi connectivity index (χ0) is 23.8. The van der Waals surface area contributed by atoms with Crippen LogP contribution in [0.3, 0.4) is 0 Å². The summed E-state index contributed by atoms with van der Waals surface area (Å²) in [6.45, 7) is 3.02. The molecule has 1 unspecified atom stereocenters. The van der Waals surface area contributed by atoms with Crippen LogP contribution in [0, 0.1) is 5.82 Å². The van der Waals surface area contributed by atoms with Crippen LogP contribution in [0.1, 0.15) is 42.3 Å². The summed E-state index contributed by atoms with van der Waals surface area (Å²) in [5, 5.41) is 13.4. The monoisotopic (exact) mass is 476 g/mol. The molecule has 0 aliphatic carbocycles. The third-order valence-electron chi connectivity index (χ3n) is 6.64. The number of likely N-dealkylation sites (tertiary alicyclic amines) is 1. The Balaban J connectivity index is 1.45. The second kappa shape index (κ2) is 9.10. The molecule has 10 heteroatoms. The van der Waals surface area contributed by atoms with Crippen molar-refractivity contribution < 1.29 is 13.9 Å². The summed E-state index contributed by atoms with van der Waals surface area (Å²) >= 11 is 0. The SMILES string of the molecule is O=c1[nH]c2cc3c(cc2cc1C(c1nnnn1Cc1ccc(F)cc1)N1CCCCC1)OCCO3. The number of H-pyrrole nitrogens is 1. The van der Waals surface area contributed by atoms with Gasteiger partial charge in [-0.25, -0.2) is 9.07 Å². The summed E-state index contributed by atoms with van der Waals surface area (Å²) in [5.74, 6) is 1.58. The van der Waals surface area contributed by atoms with Crippen LogP contribution in [0.2, 0.25) is 0 Å². The fourth-order valence-electron chi connectivity index (χ4n) is 4.92. The maximum Gasteiger partial charge on any atom is 0.253 e. The largest absolute Gasteiger partial charge is 0.486 e. The van der Waals surface area contributed by atoms with Crippen LogP contribution in [0.4, 0.5) is 4.39 Å². The maximum atomic E-state index is 13.4. The van der Waals surface area contributed by atoms with Gasteiger partial charge in [-0.3, -0.25) is 9.69 Å². The van der Waals surface area contributed by atoms with Gasteiger partial charge in [0.1, 0.15) is 25.1 Å². The van der Waals surface area contributed by atoms with Crippen molar-refractivity contribution in [2.24, 2.45) is 0 Å². The highest BCUT2D eigenvalue weighted by atomic mass is 19.1. The number of hydrogen-bond acceptors (Lipinski definition) is 7. The fraction of sp³-hybridized carbons (Fsp3) is 0.360. The lowest BCUT2D eigenvalue weighted by molar-refractivity contribution is 0.172. The molecule has 2 aliphatic heterocycles. The molecule has 1 fully saturated rings. The molecule has 2 aromatic heterocycles. The van der Waals surface area contributed by atoms with Crippen LogP contribution in [0.5, 0.6) is 11.5 Å². The Bertz CT molecular complexity index is 1410. The second-order valence-corrected chi connectivity index (χ2v) is 8.96. The van der Waals surface area contributed by atoms with Crippen LogP contribution in [0.15, 0.2) is 47.3 Å². The summed E-state index contributed by atoms with van der Waals surface area (Å²) in [7, 11) is 0. The Morgan fingerprint density at radius 2 is 1.74 bits per heavy atom. The third kappa shape index (κ3) is 4.25. The molecular weight excluding hydrogens is 451 g/mol. The van der Waals surface area contributed by atoms with E-state index >= 15 is 0 Å². The van der Waals surface area contributed by atoms with Gasteiger partial charge in [0.2, 0.25) is 0 Å². The van der Waals surface area contributed by atoms with Gasteiger partial charge in [0.25, 0.3) is 5.56 Å². The molecule has 2 aromatic carbocycles. The van der Waals surface area contributed by atoms with Gasteiger partial charge < -0.3 is 14.5 Å². The number of pyridine rings is 1. The number of piperidine rings is 1. The molecule has 2 aliphatic rings. The number of nitrogens with one attached hydrogen (secondary N) is 1. The lowest BCUT2D eigenvalue weighted by atomic mass is 10.00. The Hall–Kier alpha value is -3.79. The molecular formula is C25H25FN6O3. The van der Waals surface area contributed by atoms with Gasteiger partial charge >= 0.3 is 0 Å². The first-order chi connectivity index (χ1) is 17.2. The van der Waals surface area contributed by atoms with Crippen LogP contribution >= 0.6 is 0 Å².